The van der Waals surface area contributed by atoms with Crippen molar-refractivity contribution >= 4 is 5.97 Å². The number of hydrogen-bond acceptors (Lipinski definition) is 4. The minimum atomic E-state index is -0.970. The lowest BCUT2D eigenvalue weighted by molar-refractivity contribution is -0.137. The Morgan fingerprint density at radius 1 is 1.62 bits per heavy atom. The molecule has 5 nitrogen and oxygen atoms in total. The summed E-state index contributed by atoms with van der Waals surface area (Å²) in [7, 11) is 0. The van der Waals surface area contributed by atoms with E-state index in [1.807, 2.05) is 0 Å². The third-order valence-electron chi connectivity index (χ3n) is 1.55. The molecule has 0 aliphatic carbocycles. The molecule has 1 heterocycles. The number of pyridine rings is 1. The predicted octanol–water partition coefficient (Wildman–Crippen LogP) is 0.262. The Bertz CT molecular complexity index is 297. The highest BCUT2D eigenvalue weighted by Crippen LogP contribution is 2.13. The summed E-state index contributed by atoms with van der Waals surface area (Å²) in [6, 6.07) is 2.30. The molecule has 1 rings (SSSR count). The standard InChI is InChI=1S/C8H10N2O3/c9-6(3-8(12)13)7-2-1-5(11)4-10-7/h1-2,4,6,11H,3,9H2,(H,12,13)/t6-/m0/s1. The molecule has 0 amide bonds. The topological polar surface area (TPSA) is 96.4 Å². The Labute approximate surface area is 74.8 Å². The van der Waals surface area contributed by atoms with Gasteiger partial charge < -0.3 is 15.9 Å². The SMILES string of the molecule is N[C@@H](CC(=O)O)c1ccc(O)cn1. The summed E-state index contributed by atoms with van der Waals surface area (Å²) in [5.41, 5.74) is 5.98. The minimum Gasteiger partial charge on any atom is -0.506 e. The van der Waals surface area contributed by atoms with Gasteiger partial charge in [0.15, 0.2) is 0 Å². The van der Waals surface area contributed by atoms with E-state index >= 15 is 0 Å². The summed E-state index contributed by atoms with van der Waals surface area (Å²) in [6.07, 6.45) is 1.06. The first-order chi connectivity index (χ1) is 6.09. The van der Waals surface area contributed by atoms with E-state index in [2.05, 4.69) is 4.98 Å². The molecule has 0 bridgehead atoms. The van der Waals surface area contributed by atoms with Gasteiger partial charge in [-0.2, -0.15) is 0 Å². The van der Waals surface area contributed by atoms with Crippen LogP contribution in [0.1, 0.15) is 18.2 Å². The molecule has 1 aromatic rings. The highest BCUT2D eigenvalue weighted by atomic mass is 16.4. The Morgan fingerprint density at radius 2 is 2.31 bits per heavy atom. The van der Waals surface area contributed by atoms with Gasteiger partial charge in [0.2, 0.25) is 0 Å². The molecule has 0 unspecified atom stereocenters. The molecule has 0 saturated carbocycles. The van der Waals surface area contributed by atoms with Crippen molar-refractivity contribution in [2.45, 2.75) is 12.5 Å². The first-order valence-corrected chi connectivity index (χ1v) is 3.72. The number of carboxylic acids is 1. The first-order valence-electron chi connectivity index (χ1n) is 3.72. The van der Waals surface area contributed by atoms with Crippen LogP contribution in [0.15, 0.2) is 18.3 Å². The molecular weight excluding hydrogens is 172 g/mol. The fourth-order valence-corrected chi connectivity index (χ4v) is 0.910. The average Bonchev–Trinajstić information content (AvgIpc) is 2.04. The number of nitrogens with two attached hydrogens (primary N) is 1. The van der Waals surface area contributed by atoms with Crippen molar-refractivity contribution in [2.24, 2.45) is 5.73 Å². The molecule has 0 aliphatic rings. The fourth-order valence-electron chi connectivity index (χ4n) is 0.910. The van der Waals surface area contributed by atoms with E-state index in [1.165, 1.54) is 18.3 Å². The number of aromatic hydroxyl groups is 1. The maximum atomic E-state index is 10.3. The summed E-state index contributed by atoms with van der Waals surface area (Å²) < 4.78 is 0. The Kier molecular flexibility index (Phi) is 2.81. The molecule has 1 aromatic heterocycles. The van der Waals surface area contributed by atoms with E-state index in [1.54, 1.807) is 0 Å². The van der Waals surface area contributed by atoms with Crippen LogP contribution in [0, 0.1) is 0 Å². The summed E-state index contributed by atoms with van der Waals surface area (Å²) in [4.78, 5) is 14.1. The van der Waals surface area contributed by atoms with Crippen LogP contribution in [0.5, 0.6) is 5.75 Å². The predicted molar refractivity (Wildman–Crippen MR) is 45.1 cm³/mol. The van der Waals surface area contributed by atoms with Gasteiger partial charge in [-0.25, -0.2) is 0 Å². The van der Waals surface area contributed by atoms with Gasteiger partial charge in [0.1, 0.15) is 5.75 Å². The van der Waals surface area contributed by atoms with Crippen LogP contribution in [0.25, 0.3) is 0 Å². The second-order valence-electron chi connectivity index (χ2n) is 2.65. The van der Waals surface area contributed by atoms with Crippen LogP contribution in [0.2, 0.25) is 0 Å². The summed E-state index contributed by atoms with van der Waals surface area (Å²) in [5.74, 6) is -0.936. The van der Waals surface area contributed by atoms with Gasteiger partial charge in [0.05, 0.1) is 24.4 Å². The van der Waals surface area contributed by atoms with Gasteiger partial charge in [-0.3, -0.25) is 9.78 Å². The maximum absolute atomic E-state index is 10.3. The molecule has 5 heteroatoms. The van der Waals surface area contributed by atoms with Gasteiger partial charge >= 0.3 is 5.97 Å². The van der Waals surface area contributed by atoms with E-state index < -0.39 is 12.0 Å². The molecule has 0 aromatic carbocycles. The lowest BCUT2D eigenvalue weighted by Gasteiger charge is -2.07. The molecule has 4 N–H and O–H groups in total. The summed E-state index contributed by atoms with van der Waals surface area (Å²) in [5, 5.41) is 17.3. The number of hydrogen-bond donors (Lipinski definition) is 3. The molecule has 13 heavy (non-hydrogen) atoms. The molecule has 0 fully saturated rings. The van der Waals surface area contributed by atoms with Crippen molar-refractivity contribution in [3.8, 4) is 5.75 Å². The number of nitrogens with zero attached hydrogens (tertiary/aromatic N) is 1. The Balaban J connectivity index is 2.71. The van der Waals surface area contributed by atoms with Crippen molar-refractivity contribution in [3.63, 3.8) is 0 Å². The van der Waals surface area contributed by atoms with Gasteiger partial charge in [-0.1, -0.05) is 0 Å². The Hall–Kier alpha value is -1.62. The number of aromatic nitrogens is 1. The maximum Gasteiger partial charge on any atom is 0.305 e. The largest absolute Gasteiger partial charge is 0.506 e. The Morgan fingerprint density at radius 3 is 2.77 bits per heavy atom. The monoisotopic (exact) mass is 182 g/mol. The first kappa shape index (κ1) is 9.47. The van der Waals surface area contributed by atoms with Crippen molar-refractivity contribution in [2.75, 3.05) is 0 Å². The lowest BCUT2D eigenvalue weighted by Crippen LogP contribution is -2.15. The van der Waals surface area contributed by atoms with E-state index in [4.69, 9.17) is 15.9 Å². The molecule has 0 radical (unpaired) electrons. The molecule has 70 valence electrons. The second-order valence-corrected chi connectivity index (χ2v) is 2.65. The van der Waals surface area contributed by atoms with E-state index in [0.717, 1.165) is 0 Å². The number of aliphatic carboxylic acids is 1. The molecular formula is C8H10N2O3. The van der Waals surface area contributed by atoms with Crippen molar-refractivity contribution in [1.29, 1.82) is 0 Å². The third kappa shape index (κ3) is 2.72. The second kappa shape index (κ2) is 3.86. The smallest absolute Gasteiger partial charge is 0.305 e. The van der Waals surface area contributed by atoms with Crippen LogP contribution < -0.4 is 5.73 Å². The number of carboxylic acid groups (broad SMARTS) is 1. The fraction of sp³-hybridized carbons (Fsp3) is 0.250. The highest BCUT2D eigenvalue weighted by molar-refractivity contribution is 5.67. The van der Waals surface area contributed by atoms with Gasteiger partial charge in [0, 0.05) is 0 Å². The van der Waals surface area contributed by atoms with Crippen LogP contribution >= 0.6 is 0 Å². The van der Waals surface area contributed by atoms with Crippen LogP contribution in [0.4, 0.5) is 0 Å². The van der Waals surface area contributed by atoms with Crippen LogP contribution in [0.3, 0.4) is 0 Å². The number of carbonyl (C=O) groups is 1. The zero-order chi connectivity index (χ0) is 9.84. The van der Waals surface area contributed by atoms with Crippen LogP contribution in [-0.4, -0.2) is 21.2 Å². The quantitative estimate of drug-likeness (QED) is 0.623. The molecule has 0 spiro atoms. The minimum absolute atomic E-state index is 0.0336. The normalized spacial score (nSPS) is 12.4. The van der Waals surface area contributed by atoms with Gasteiger partial charge in [-0.05, 0) is 12.1 Å². The van der Waals surface area contributed by atoms with E-state index in [0.29, 0.717) is 5.69 Å². The van der Waals surface area contributed by atoms with E-state index in [-0.39, 0.29) is 12.2 Å². The number of rotatable bonds is 3. The average molecular weight is 182 g/mol. The van der Waals surface area contributed by atoms with Crippen LogP contribution in [-0.2, 0) is 4.79 Å². The van der Waals surface area contributed by atoms with Crippen molar-refractivity contribution in [1.82, 2.24) is 4.98 Å². The summed E-state index contributed by atoms with van der Waals surface area (Å²) >= 11 is 0. The van der Waals surface area contributed by atoms with Gasteiger partial charge in [0.25, 0.3) is 0 Å². The zero-order valence-electron chi connectivity index (χ0n) is 6.84. The molecule has 1 atom stereocenters. The lowest BCUT2D eigenvalue weighted by atomic mass is 10.1. The van der Waals surface area contributed by atoms with Crippen molar-refractivity contribution < 1.29 is 15.0 Å². The zero-order valence-corrected chi connectivity index (χ0v) is 6.84. The van der Waals surface area contributed by atoms with Crippen molar-refractivity contribution in [3.05, 3.63) is 24.0 Å². The highest BCUT2D eigenvalue weighted by Gasteiger charge is 2.11. The van der Waals surface area contributed by atoms with E-state index in [9.17, 15) is 4.79 Å². The molecule has 0 saturated heterocycles. The molecule has 0 aliphatic heterocycles. The van der Waals surface area contributed by atoms with Gasteiger partial charge in [-0.15, -0.1) is 0 Å². The summed E-state index contributed by atoms with van der Waals surface area (Å²) in [6.45, 7) is 0. The third-order valence-corrected chi connectivity index (χ3v) is 1.55.